The summed E-state index contributed by atoms with van der Waals surface area (Å²) in [4.78, 5) is 12.0. The molecular weight excluding hydrogens is 192 g/mol. The van der Waals surface area contributed by atoms with Crippen LogP contribution in [0.25, 0.3) is 0 Å². The molecule has 0 aliphatic heterocycles. The van der Waals surface area contributed by atoms with Gasteiger partial charge in [0.2, 0.25) is 0 Å². The van der Waals surface area contributed by atoms with Gasteiger partial charge in [0, 0.05) is 11.8 Å². The van der Waals surface area contributed by atoms with Gasteiger partial charge in [-0.3, -0.25) is 4.79 Å². The highest BCUT2D eigenvalue weighted by molar-refractivity contribution is 8.13. The van der Waals surface area contributed by atoms with E-state index in [9.17, 15) is 4.79 Å². The first-order valence-electron chi connectivity index (χ1n) is 5.06. The van der Waals surface area contributed by atoms with E-state index in [1.807, 2.05) is 0 Å². The number of thioether (sulfide) groups is 1. The normalized spacial score (nSPS) is 14.9. The Bertz CT molecular complexity index is 357. The maximum atomic E-state index is 10.9. The van der Waals surface area contributed by atoms with Crippen molar-refractivity contribution in [3.63, 3.8) is 0 Å². The second-order valence-corrected chi connectivity index (χ2v) is 4.98. The molecule has 2 rings (SSSR count). The lowest BCUT2D eigenvalue weighted by Gasteiger charge is -2.15. The van der Waals surface area contributed by atoms with Crippen LogP contribution in [0, 0.1) is 0 Å². The summed E-state index contributed by atoms with van der Waals surface area (Å²) in [7, 11) is 0. The Morgan fingerprint density at radius 1 is 1.21 bits per heavy atom. The van der Waals surface area contributed by atoms with Gasteiger partial charge in [0.05, 0.1) is 0 Å². The first kappa shape index (κ1) is 9.78. The van der Waals surface area contributed by atoms with Crippen molar-refractivity contribution < 1.29 is 4.79 Å². The highest BCUT2D eigenvalue weighted by Crippen LogP contribution is 2.26. The number of carbonyl (C=O) groups is 1. The molecular formula is C12H14OS. The van der Waals surface area contributed by atoms with Crippen molar-refractivity contribution in [2.75, 3.05) is 0 Å². The summed E-state index contributed by atoms with van der Waals surface area (Å²) in [5.41, 5.74) is 2.92. The van der Waals surface area contributed by atoms with Crippen LogP contribution in [-0.4, -0.2) is 5.12 Å². The molecule has 0 saturated heterocycles. The van der Waals surface area contributed by atoms with Gasteiger partial charge < -0.3 is 0 Å². The summed E-state index contributed by atoms with van der Waals surface area (Å²) >= 11 is 1.33. The largest absolute Gasteiger partial charge is 0.287 e. The number of rotatable bonds is 1. The third-order valence-corrected chi connectivity index (χ3v) is 3.36. The Balaban J connectivity index is 2.24. The van der Waals surface area contributed by atoms with E-state index in [1.54, 1.807) is 6.92 Å². The predicted molar refractivity (Wildman–Crippen MR) is 59.6 cm³/mol. The third kappa shape index (κ3) is 2.18. The molecule has 0 bridgehead atoms. The summed E-state index contributed by atoms with van der Waals surface area (Å²) in [6, 6.07) is 6.43. The van der Waals surface area contributed by atoms with Gasteiger partial charge in [0.1, 0.15) is 0 Å². The highest BCUT2D eigenvalue weighted by atomic mass is 32.2. The van der Waals surface area contributed by atoms with E-state index < -0.39 is 0 Å². The first-order valence-corrected chi connectivity index (χ1v) is 5.87. The average molecular weight is 206 g/mol. The number of benzene rings is 1. The van der Waals surface area contributed by atoms with Crippen LogP contribution >= 0.6 is 11.8 Å². The molecule has 0 spiro atoms. The molecule has 1 aromatic rings. The van der Waals surface area contributed by atoms with E-state index in [-0.39, 0.29) is 5.12 Å². The van der Waals surface area contributed by atoms with E-state index >= 15 is 0 Å². The fourth-order valence-electron chi connectivity index (χ4n) is 1.94. The minimum Gasteiger partial charge on any atom is -0.287 e. The molecule has 0 heterocycles. The molecule has 74 valence electrons. The third-order valence-electron chi connectivity index (χ3n) is 2.58. The number of hydrogen-bond donors (Lipinski definition) is 0. The van der Waals surface area contributed by atoms with Gasteiger partial charge in [-0.05, 0) is 48.9 Å². The van der Waals surface area contributed by atoms with Crippen LogP contribution in [0.2, 0.25) is 0 Å². The van der Waals surface area contributed by atoms with Crippen molar-refractivity contribution in [1.29, 1.82) is 0 Å². The van der Waals surface area contributed by atoms with Gasteiger partial charge in [-0.15, -0.1) is 0 Å². The Kier molecular flexibility index (Phi) is 2.92. The molecule has 0 aromatic heterocycles. The lowest BCUT2D eigenvalue weighted by Crippen LogP contribution is -2.02. The fraction of sp³-hybridized carbons (Fsp3) is 0.417. The van der Waals surface area contributed by atoms with E-state index in [1.165, 1.54) is 48.6 Å². The van der Waals surface area contributed by atoms with Gasteiger partial charge in [0.15, 0.2) is 5.12 Å². The molecule has 0 unspecified atom stereocenters. The summed E-state index contributed by atoms with van der Waals surface area (Å²) in [6.45, 7) is 1.62. The van der Waals surface area contributed by atoms with Gasteiger partial charge >= 0.3 is 0 Å². The van der Waals surface area contributed by atoms with Gasteiger partial charge in [-0.25, -0.2) is 0 Å². The Morgan fingerprint density at radius 2 is 1.93 bits per heavy atom. The van der Waals surface area contributed by atoms with Crippen LogP contribution in [0.3, 0.4) is 0 Å². The van der Waals surface area contributed by atoms with E-state index in [0.29, 0.717) is 0 Å². The van der Waals surface area contributed by atoms with Gasteiger partial charge in [-0.2, -0.15) is 0 Å². The van der Waals surface area contributed by atoms with Crippen LogP contribution < -0.4 is 0 Å². The van der Waals surface area contributed by atoms with Crippen molar-refractivity contribution in [1.82, 2.24) is 0 Å². The lowest BCUT2D eigenvalue weighted by atomic mass is 9.92. The molecule has 14 heavy (non-hydrogen) atoms. The number of fused-ring (bicyclic) bond motifs is 1. The summed E-state index contributed by atoms with van der Waals surface area (Å²) in [5, 5.41) is 0.167. The number of hydrogen-bond acceptors (Lipinski definition) is 2. The highest BCUT2D eigenvalue weighted by Gasteiger charge is 2.09. The Hall–Kier alpha value is -0.760. The van der Waals surface area contributed by atoms with Crippen molar-refractivity contribution in [2.45, 2.75) is 37.5 Å². The molecule has 0 saturated carbocycles. The van der Waals surface area contributed by atoms with Crippen LogP contribution in [0.5, 0.6) is 0 Å². The van der Waals surface area contributed by atoms with Gasteiger partial charge in [-0.1, -0.05) is 17.8 Å². The number of aryl methyl sites for hydroxylation is 2. The molecule has 0 amide bonds. The zero-order valence-electron chi connectivity index (χ0n) is 8.38. The van der Waals surface area contributed by atoms with Crippen molar-refractivity contribution >= 4 is 16.9 Å². The van der Waals surface area contributed by atoms with Crippen LogP contribution in [0.15, 0.2) is 23.1 Å². The zero-order valence-corrected chi connectivity index (χ0v) is 9.19. The molecule has 1 aromatic carbocycles. The van der Waals surface area contributed by atoms with E-state index in [4.69, 9.17) is 0 Å². The maximum absolute atomic E-state index is 10.9. The Morgan fingerprint density at radius 3 is 2.64 bits per heavy atom. The molecule has 2 heteroatoms. The monoisotopic (exact) mass is 206 g/mol. The summed E-state index contributed by atoms with van der Waals surface area (Å²) in [5.74, 6) is 0. The topological polar surface area (TPSA) is 17.1 Å². The smallest absolute Gasteiger partial charge is 0.190 e. The van der Waals surface area contributed by atoms with E-state index in [2.05, 4.69) is 18.2 Å². The Labute approximate surface area is 88.9 Å². The SMILES string of the molecule is CC(=O)Sc1ccc2c(c1)CCCC2. The van der Waals surface area contributed by atoms with Crippen LogP contribution in [0.4, 0.5) is 0 Å². The maximum Gasteiger partial charge on any atom is 0.190 e. The molecule has 1 aliphatic carbocycles. The summed E-state index contributed by atoms with van der Waals surface area (Å²) in [6.07, 6.45) is 5.00. The van der Waals surface area contributed by atoms with Gasteiger partial charge in [0.25, 0.3) is 0 Å². The first-order chi connectivity index (χ1) is 6.75. The van der Waals surface area contributed by atoms with Crippen LogP contribution in [-0.2, 0) is 17.6 Å². The van der Waals surface area contributed by atoms with Crippen LogP contribution in [0.1, 0.15) is 30.9 Å². The molecule has 1 aliphatic rings. The van der Waals surface area contributed by atoms with Crippen molar-refractivity contribution in [2.24, 2.45) is 0 Å². The summed E-state index contributed by atoms with van der Waals surface area (Å²) < 4.78 is 0. The minimum absolute atomic E-state index is 0.167. The molecule has 0 N–H and O–H groups in total. The minimum atomic E-state index is 0.167. The average Bonchev–Trinajstić information content (AvgIpc) is 2.17. The number of carbonyl (C=O) groups excluding carboxylic acids is 1. The van der Waals surface area contributed by atoms with E-state index in [0.717, 1.165) is 4.90 Å². The quantitative estimate of drug-likeness (QED) is 0.656. The van der Waals surface area contributed by atoms with Crippen molar-refractivity contribution in [3.05, 3.63) is 29.3 Å². The van der Waals surface area contributed by atoms with Crippen molar-refractivity contribution in [3.8, 4) is 0 Å². The fourth-order valence-corrected chi connectivity index (χ4v) is 2.61. The molecule has 0 fully saturated rings. The lowest BCUT2D eigenvalue weighted by molar-refractivity contribution is -0.109. The predicted octanol–water partition coefficient (Wildman–Crippen LogP) is 3.20. The molecule has 0 radical (unpaired) electrons. The second kappa shape index (κ2) is 4.18. The zero-order chi connectivity index (χ0) is 9.97. The molecule has 0 atom stereocenters. The second-order valence-electron chi connectivity index (χ2n) is 3.73. The standard InChI is InChI=1S/C12H14OS/c1-9(13)14-12-7-6-10-4-2-3-5-11(10)8-12/h6-8H,2-5H2,1H3. The molecule has 1 nitrogen and oxygen atoms in total.